The highest BCUT2D eigenvalue weighted by Gasteiger charge is 2.33. The van der Waals surface area contributed by atoms with Crippen LogP contribution in [0.3, 0.4) is 0 Å². The normalized spacial score (nSPS) is 11.6. The molecular formula is C21H18O5S2. The molecule has 144 valence electrons. The molecule has 0 aromatic heterocycles. The molecule has 0 bridgehead atoms. The van der Waals surface area contributed by atoms with Crippen LogP contribution in [-0.2, 0) is 19.7 Å². The molecule has 0 amide bonds. The zero-order chi connectivity index (χ0) is 20.2. The van der Waals surface area contributed by atoms with E-state index < -0.39 is 23.9 Å². The summed E-state index contributed by atoms with van der Waals surface area (Å²) in [5.41, 5.74) is 0.426. The zero-order valence-corrected chi connectivity index (χ0v) is 16.7. The van der Waals surface area contributed by atoms with Gasteiger partial charge in [-0.2, -0.15) is 0 Å². The van der Waals surface area contributed by atoms with Gasteiger partial charge in [-0.05, 0) is 48.0 Å². The van der Waals surface area contributed by atoms with Crippen molar-refractivity contribution < 1.29 is 21.6 Å². The summed E-state index contributed by atoms with van der Waals surface area (Å²) in [5.74, 6) is 0.579. The second-order valence-corrected chi connectivity index (χ2v) is 9.96. The number of methoxy groups -OCH3 is 1. The SMILES string of the molecule is COc1ccc(C=C(S(=O)(=O)c2ccccc2)S(=O)(=O)c2ccccc2)cc1. The predicted molar refractivity (Wildman–Crippen MR) is 108 cm³/mol. The number of ether oxygens (including phenoxy) is 1. The van der Waals surface area contributed by atoms with Crippen molar-refractivity contribution in [3.63, 3.8) is 0 Å². The molecule has 3 rings (SSSR count). The minimum Gasteiger partial charge on any atom is -0.497 e. The lowest BCUT2D eigenvalue weighted by Gasteiger charge is -2.11. The summed E-state index contributed by atoms with van der Waals surface area (Å²) in [7, 11) is -7.05. The highest BCUT2D eigenvalue weighted by Crippen LogP contribution is 2.31. The second kappa shape index (κ2) is 8.00. The van der Waals surface area contributed by atoms with E-state index in [4.69, 9.17) is 4.74 Å². The van der Waals surface area contributed by atoms with Gasteiger partial charge in [-0.3, -0.25) is 0 Å². The summed E-state index contributed by atoms with van der Waals surface area (Å²) < 4.78 is 57.2. The molecule has 0 atom stereocenters. The Balaban J connectivity index is 2.24. The summed E-state index contributed by atoms with van der Waals surface area (Å²) in [6.45, 7) is 0. The fraction of sp³-hybridized carbons (Fsp3) is 0.0476. The maximum absolute atomic E-state index is 13.2. The molecule has 5 nitrogen and oxygen atoms in total. The highest BCUT2D eigenvalue weighted by molar-refractivity contribution is 8.14. The predicted octanol–water partition coefficient (Wildman–Crippen LogP) is 3.94. The molecule has 0 saturated carbocycles. The van der Waals surface area contributed by atoms with E-state index in [1.807, 2.05) is 0 Å². The lowest BCUT2D eigenvalue weighted by molar-refractivity contribution is 0.415. The first kappa shape index (κ1) is 19.9. The van der Waals surface area contributed by atoms with Gasteiger partial charge >= 0.3 is 0 Å². The molecule has 0 aliphatic heterocycles. The first-order valence-corrected chi connectivity index (χ1v) is 11.3. The van der Waals surface area contributed by atoms with E-state index in [1.165, 1.54) is 37.5 Å². The van der Waals surface area contributed by atoms with Crippen LogP contribution in [0.2, 0.25) is 0 Å². The van der Waals surface area contributed by atoms with Crippen molar-refractivity contribution in [2.75, 3.05) is 7.11 Å². The molecule has 7 heteroatoms. The molecule has 3 aromatic rings. The van der Waals surface area contributed by atoms with Gasteiger partial charge in [-0.1, -0.05) is 48.5 Å². The summed E-state index contributed by atoms with van der Waals surface area (Å²) in [6.07, 6.45) is 1.17. The van der Waals surface area contributed by atoms with E-state index in [1.54, 1.807) is 60.7 Å². The Bertz CT molecular complexity index is 1110. The van der Waals surface area contributed by atoms with E-state index in [9.17, 15) is 16.8 Å². The Morgan fingerprint density at radius 3 is 1.50 bits per heavy atom. The van der Waals surface area contributed by atoms with Crippen LogP contribution >= 0.6 is 0 Å². The monoisotopic (exact) mass is 414 g/mol. The fourth-order valence-electron chi connectivity index (χ4n) is 2.57. The topological polar surface area (TPSA) is 77.5 Å². The minimum absolute atomic E-state index is 0.0886. The van der Waals surface area contributed by atoms with Crippen LogP contribution < -0.4 is 4.74 Å². The van der Waals surface area contributed by atoms with Gasteiger partial charge in [0.1, 0.15) is 5.75 Å². The molecule has 0 heterocycles. The summed E-state index contributed by atoms with van der Waals surface area (Å²) in [6, 6.07) is 21.5. The average molecular weight is 415 g/mol. The molecule has 0 spiro atoms. The van der Waals surface area contributed by atoms with Crippen molar-refractivity contribution in [1.29, 1.82) is 0 Å². The van der Waals surface area contributed by atoms with Crippen LogP contribution in [-0.4, -0.2) is 23.9 Å². The third-order valence-corrected chi connectivity index (χ3v) is 8.43. The Morgan fingerprint density at radius 2 is 1.11 bits per heavy atom. The first-order chi connectivity index (χ1) is 13.4. The van der Waals surface area contributed by atoms with Crippen molar-refractivity contribution in [1.82, 2.24) is 0 Å². The number of hydrogen-bond acceptors (Lipinski definition) is 5. The van der Waals surface area contributed by atoms with Crippen LogP contribution in [0.15, 0.2) is 99.0 Å². The molecule has 0 aliphatic rings. The molecule has 0 fully saturated rings. The largest absolute Gasteiger partial charge is 0.497 e. The summed E-state index contributed by atoms with van der Waals surface area (Å²) >= 11 is 0. The average Bonchev–Trinajstić information content (AvgIpc) is 2.73. The molecule has 0 unspecified atom stereocenters. The van der Waals surface area contributed by atoms with Crippen LogP contribution in [0, 0.1) is 0 Å². The third kappa shape index (κ3) is 4.00. The Morgan fingerprint density at radius 1 is 0.679 bits per heavy atom. The van der Waals surface area contributed by atoms with E-state index in [0.717, 1.165) is 0 Å². The van der Waals surface area contributed by atoms with Gasteiger partial charge < -0.3 is 4.74 Å². The Hall–Kier alpha value is -2.90. The van der Waals surface area contributed by atoms with Gasteiger partial charge in [0.15, 0.2) is 4.24 Å². The summed E-state index contributed by atoms with van der Waals surface area (Å²) in [4.78, 5) is -0.177. The maximum Gasteiger partial charge on any atom is 0.217 e. The molecule has 0 saturated heterocycles. The van der Waals surface area contributed by atoms with E-state index in [2.05, 4.69) is 0 Å². The van der Waals surface area contributed by atoms with Crippen molar-refractivity contribution in [2.45, 2.75) is 9.79 Å². The van der Waals surface area contributed by atoms with E-state index >= 15 is 0 Å². The first-order valence-electron chi connectivity index (χ1n) is 8.32. The van der Waals surface area contributed by atoms with Crippen LogP contribution in [0.25, 0.3) is 6.08 Å². The number of hydrogen-bond donors (Lipinski definition) is 0. The number of sulfone groups is 2. The van der Waals surface area contributed by atoms with Gasteiger partial charge in [0.25, 0.3) is 0 Å². The van der Waals surface area contributed by atoms with E-state index in [0.29, 0.717) is 11.3 Å². The Labute approximate surface area is 164 Å². The second-order valence-electron chi connectivity index (χ2n) is 5.87. The molecule has 28 heavy (non-hydrogen) atoms. The fourth-order valence-corrected chi connectivity index (χ4v) is 6.38. The van der Waals surface area contributed by atoms with Crippen molar-refractivity contribution in [2.24, 2.45) is 0 Å². The Kier molecular flexibility index (Phi) is 5.67. The van der Waals surface area contributed by atoms with Crippen LogP contribution in [0.1, 0.15) is 5.56 Å². The standard InChI is InChI=1S/C21H18O5S2/c1-26-18-14-12-17(13-15-18)16-21(27(22,23)19-8-4-2-5-9-19)28(24,25)20-10-6-3-7-11-20/h2-16H,1H3. The number of benzene rings is 3. The molecule has 0 N–H and O–H groups in total. The van der Waals surface area contributed by atoms with Crippen LogP contribution in [0.5, 0.6) is 5.75 Å². The van der Waals surface area contributed by atoms with E-state index in [-0.39, 0.29) is 9.79 Å². The smallest absolute Gasteiger partial charge is 0.217 e. The molecule has 0 radical (unpaired) electrons. The van der Waals surface area contributed by atoms with Gasteiger partial charge in [0.05, 0.1) is 16.9 Å². The third-order valence-electron chi connectivity index (χ3n) is 4.04. The zero-order valence-electron chi connectivity index (χ0n) is 15.0. The van der Waals surface area contributed by atoms with Crippen molar-refractivity contribution >= 4 is 25.8 Å². The van der Waals surface area contributed by atoms with Gasteiger partial charge in [-0.15, -0.1) is 0 Å². The lowest BCUT2D eigenvalue weighted by Crippen LogP contribution is -2.15. The molecule has 3 aromatic carbocycles. The summed E-state index contributed by atoms with van der Waals surface area (Å²) in [5, 5.41) is 0. The molecular weight excluding hydrogens is 396 g/mol. The minimum atomic E-state index is -4.28. The lowest BCUT2D eigenvalue weighted by atomic mass is 10.2. The van der Waals surface area contributed by atoms with Gasteiger partial charge in [0, 0.05) is 0 Å². The quantitative estimate of drug-likeness (QED) is 0.611. The van der Waals surface area contributed by atoms with Crippen molar-refractivity contribution in [3.8, 4) is 5.75 Å². The number of rotatable bonds is 6. The highest BCUT2D eigenvalue weighted by atomic mass is 32.3. The maximum atomic E-state index is 13.2. The van der Waals surface area contributed by atoms with Crippen LogP contribution in [0.4, 0.5) is 0 Å². The van der Waals surface area contributed by atoms with Crippen molar-refractivity contribution in [3.05, 3.63) is 94.7 Å². The van der Waals surface area contributed by atoms with Gasteiger partial charge in [-0.25, -0.2) is 16.8 Å². The molecule has 0 aliphatic carbocycles. The van der Waals surface area contributed by atoms with Gasteiger partial charge in [0.2, 0.25) is 19.7 Å².